The van der Waals surface area contributed by atoms with Crippen molar-refractivity contribution in [3.63, 3.8) is 0 Å². The van der Waals surface area contributed by atoms with Crippen LogP contribution in [0.3, 0.4) is 0 Å². The van der Waals surface area contributed by atoms with Crippen LogP contribution in [0.15, 0.2) is 47.3 Å². The molecule has 0 bridgehead atoms. The molecule has 1 aromatic carbocycles. The SMILES string of the molecule is CC[C@@H]1CC(C)(C)[C@@](C)(c2cncc(-c3nc([C@@H](C)N)co3)n2)c2nnc(-c3c(F)cccc3F)cc21. The highest BCUT2D eigenvalue weighted by atomic mass is 19.1. The van der Waals surface area contributed by atoms with Crippen LogP contribution in [0.4, 0.5) is 8.78 Å². The minimum atomic E-state index is -0.701. The van der Waals surface area contributed by atoms with Crippen molar-refractivity contribution in [1.29, 1.82) is 0 Å². The fraction of sp³-hybridized carbons (Fsp3) is 0.393. The van der Waals surface area contributed by atoms with Gasteiger partial charge in [-0.05, 0) is 61.8 Å². The van der Waals surface area contributed by atoms with Gasteiger partial charge < -0.3 is 10.2 Å². The molecule has 0 amide bonds. The van der Waals surface area contributed by atoms with Gasteiger partial charge in [0.2, 0.25) is 5.89 Å². The maximum absolute atomic E-state index is 14.6. The Bertz CT molecular complexity index is 1450. The number of hydrogen-bond donors (Lipinski definition) is 1. The molecule has 1 aliphatic carbocycles. The second-order valence-corrected chi connectivity index (χ2v) is 10.6. The summed E-state index contributed by atoms with van der Waals surface area (Å²) in [4.78, 5) is 13.8. The molecule has 9 heteroatoms. The van der Waals surface area contributed by atoms with E-state index in [0.717, 1.165) is 24.1 Å². The van der Waals surface area contributed by atoms with Gasteiger partial charge in [0, 0.05) is 12.2 Å². The van der Waals surface area contributed by atoms with Crippen LogP contribution in [-0.4, -0.2) is 25.1 Å². The number of aromatic nitrogens is 5. The van der Waals surface area contributed by atoms with E-state index in [1.807, 2.05) is 6.92 Å². The van der Waals surface area contributed by atoms with E-state index in [1.54, 1.807) is 18.5 Å². The van der Waals surface area contributed by atoms with Gasteiger partial charge in [-0.2, -0.15) is 5.10 Å². The normalized spacial score (nSPS) is 21.5. The van der Waals surface area contributed by atoms with Gasteiger partial charge in [-0.25, -0.2) is 18.7 Å². The van der Waals surface area contributed by atoms with Gasteiger partial charge in [0.25, 0.3) is 0 Å². The van der Waals surface area contributed by atoms with Gasteiger partial charge in [0.1, 0.15) is 23.6 Å². The molecule has 0 spiro atoms. The van der Waals surface area contributed by atoms with E-state index in [0.29, 0.717) is 23.0 Å². The Kier molecular flexibility index (Phi) is 6.14. The molecule has 5 rings (SSSR count). The zero-order valence-corrected chi connectivity index (χ0v) is 21.6. The van der Waals surface area contributed by atoms with E-state index in [9.17, 15) is 8.78 Å². The Morgan fingerprint density at radius 3 is 2.46 bits per heavy atom. The summed E-state index contributed by atoms with van der Waals surface area (Å²) in [6, 6.07) is 5.30. The maximum atomic E-state index is 14.6. The van der Waals surface area contributed by atoms with Crippen molar-refractivity contribution in [2.24, 2.45) is 11.1 Å². The van der Waals surface area contributed by atoms with E-state index in [2.05, 4.69) is 47.9 Å². The van der Waals surface area contributed by atoms with E-state index >= 15 is 0 Å². The van der Waals surface area contributed by atoms with Crippen LogP contribution in [0.2, 0.25) is 0 Å². The second-order valence-electron chi connectivity index (χ2n) is 10.6. The van der Waals surface area contributed by atoms with Crippen LogP contribution in [0.25, 0.3) is 22.8 Å². The lowest BCUT2D eigenvalue weighted by Crippen LogP contribution is -2.47. The van der Waals surface area contributed by atoms with Crippen LogP contribution >= 0.6 is 0 Å². The van der Waals surface area contributed by atoms with Crippen LogP contribution in [0.5, 0.6) is 0 Å². The number of fused-ring (bicyclic) bond motifs is 1. The van der Waals surface area contributed by atoms with Gasteiger partial charge in [-0.3, -0.25) is 4.98 Å². The molecule has 37 heavy (non-hydrogen) atoms. The fourth-order valence-electron chi connectivity index (χ4n) is 5.38. The van der Waals surface area contributed by atoms with Gasteiger partial charge >= 0.3 is 0 Å². The summed E-state index contributed by atoms with van der Waals surface area (Å²) >= 11 is 0. The predicted octanol–water partition coefficient (Wildman–Crippen LogP) is 6.12. The van der Waals surface area contributed by atoms with E-state index in [1.165, 1.54) is 24.5 Å². The average molecular weight is 505 g/mol. The van der Waals surface area contributed by atoms with E-state index in [4.69, 9.17) is 15.1 Å². The largest absolute Gasteiger partial charge is 0.443 e. The number of nitrogens with two attached hydrogens (primary N) is 1. The molecule has 192 valence electrons. The molecule has 1 aliphatic rings. The lowest BCUT2D eigenvalue weighted by Gasteiger charge is -2.50. The Balaban J connectivity index is 1.68. The minimum absolute atomic E-state index is 0.138. The van der Waals surface area contributed by atoms with Crippen LogP contribution in [-0.2, 0) is 5.41 Å². The van der Waals surface area contributed by atoms with Crippen molar-refractivity contribution in [3.05, 3.63) is 77.2 Å². The zero-order valence-electron chi connectivity index (χ0n) is 21.6. The number of oxazole rings is 1. The summed E-state index contributed by atoms with van der Waals surface area (Å²) in [5.74, 6) is -0.866. The summed E-state index contributed by atoms with van der Waals surface area (Å²) in [5, 5.41) is 8.94. The van der Waals surface area contributed by atoms with Crippen LogP contribution < -0.4 is 5.73 Å². The Hall–Kier alpha value is -3.59. The van der Waals surface area contributed by atoms with Crippen molar-refractivity contribution in [2.45, 2.75) is 64.8 Å². The molecule has 0 unspecified atom stereocenters. The van der Waals surface area contributed by atoms with E-state index in [-0.39, 0.29) is 28.6 Å². The van der Waals surface area contributed by atoms with Crippen molar-refractivity contribution >= 4 is 0 Å². The first kappa shape index (κ1) is 25.1. The number of benzene rings is 1. The van der Waals surface area contributed by atoms with Crippen LogP contribution in [0, 0.1) is 17.0 Å². The highest BCUT2D eigenvalue weighted by Crippen LogP contribution is 2.56. The third kappa shape index (κ3) is 4.01. The maximum Gasteiger partial charge on any atom is 0.246 e. The first-order valence-electron chi connectivity index (χ1n) is 12.4. The summed E-state index contributed by atoms with van der Waals surface area (Å²) in [7, 11) is 0. The van der Waals surface area contributed by atoms with Crippen molar-refractivity contribution in [3.8, 4) is 22.8 Å². The number of rotatable bonds is 5. The average Bonchev–Trinajstić information content (AvgIpc) is 3.37. The number of nitrogens with zero attached hydrogens (tertiary/aromatic N) is 5. The monoisotopic (exact) mass is 504 g/mol. The quantitative estimate of drug-likeness (QED) is 0.349. The second kappa shape index (κ2) is 9.06. The standard InChI is InChI=1S/C28H30F2N6O/c1-6-16-11-27(3,4)28(5,23-13-32-12-21(33-23)26-34-22(14-37-26)15(2)31)25-17(16)10-20(35-36-25)24-18(29)8-7-9-19(24)30/h7-10,12-16H,6,11,31H2,1-5H3/t15-,16-,28+/m1/s1. The molecule has 3 aromatic heterocycles. The van der Waals surface area contributed by atoms with Gasteiger partial charge in [0.15, 0.2) is 0 Å². The predicted molar refractivity (Wildman–Crippen MR) is 135 cm³/mol. The van der Waals surface area contributed by atoms with Gasteiger partial charge in [0.05, 0.1) is 40.0 Å². The smallest absolute Gasteiger partial charge is 0.246 e. The highest BCUT2D eigenvalue weighted by Gasteiger charge is 2.52. The Labute approximate surface area is 214 Å². The van der Waals surface area contributed by atoms with Gasteiger partial charge in [-0.15, -0.1) is 5.10 Å². The molecule has 0 saturated carbocycles. The molecule has 0 fully saturated rings. The molecular weight excluding hydrogens is 474 g/mol. The summed E-state index contributed by atoms with van der Waals surface area (Å²) in [5.41, 5.74) is 8.40. The molecule has 0 radical (unpaired) electrons. The number of hydrogen-bond acceptors (Lipinski definition) is 7. The Morgan fingerprint density at radius 2 is 1.81 bits per heavy atom. The molecule has 2 N–H and O–H groups in total. The molecule has 0 aliphatic heterocycles. The zero-order chi connectivity index (χ0) is 26.5. The Morgan fingerprint density at radius 1 is 1.08 bits per heavy atom. The summed E-state index contributed by atoms with van der Waals surface area (Å²) < 4.78 is 34.8. The lowest BCUT2D eigenvalue weighted by molar-refractivity contribution is 0.152. The van der Waals surface area contributed by atoms with Crippen molar-refractivity contribution in [2.75, 3.05) is 0 Å². The van der Waals surface area contributed by atoms with Crippen molar-refractivity contribution in [1.82, 2.24) is 25.1 Å². The molecule has 4 aromatic rings. The van der Waals surface area contributed by atoms with Crippen LogP contribution in [0.1, 0.15) is 82.1 Å². The minimum Gasteiger partial charge on any atom is -0.443 e. The third-order valence-electron chi connectivity index (χ3n) is 7.91. The summed E-state index contributed by atoms with van der Waals surface area (Å²) in [6.45, 7) is 10.4. The lowest BCUT2D eigenvalue weighted by atomic mass is 9.54. The third-order valence-corrected chi connectivity index (χ3v) is 7.91. The van der Waals surface area contributed by atoms with Crippen molar-refractivity contribution < 1.29 is 13.2 Å². The molecule has 0 saturated heterocycles. The first-order chi connectivity index (χ1) is 17.6. The van der Waals surface area contributed by atoms with E-state index < -0.39 is 17.0 Å². The molecule has 3 atom stereocenters. The number of halogens is 2. The first-order valence-corrected chi connectivity index (χ1v) is 12.4. The topological polar surface area (TPSA) is 104 Å². The van der Waals surface area contributed by atoms with Gasteiger partial charge in [-0.1, -0.05) is 26.8 Å². The summed E-state index contributed by atoms with van der Waals surface area (Å²) in [6.07, 6.45) is 6.52. The fourth-order valence-corrected chi connectivity index (χ4v) is 5.38. The highest BCUT2D eigenvalue weighted by molar-refractivity contribution is 5.62. The molecule has 7 nitrogen and oxygen atoms in total. The molecule has 3 heterocycles. The molecular formula is C28H30F2N6O.